The molecule has 0 aliphatic heterocycles. The first-order chi connectivity index (χ1) is 16.3. The number of hydrogen-bond donors (Lipinski definition) is 0. The van der Waals surface area contributed by atoms with Crippen molar-refractivity contribution in [1.82, 2.24) is 4.98 Å². The molecule has 0 spiro atoms. The number of hydrogen-bond acceptors (Lipinski definition) is 3. The van der Waals surface area contributed by atoms with Gasteiger partial charge in [-0.3, -0.25) is 0 Å². The van der Waals surface area contributed by atoms with Gasteiger partial charge in [-0.25, -0.2) is 4.98 Å². The number of fused-ring (bicyclic) bond motifs is 2. The number of benzene rings is 5. The first-order valence-electron chi connectivity index (χ1n) is 11.0. The van der Waals surface area contributed by atoms with Gasteiger partial charge in [0.15, 0.2) is 5.58 Å². The highest BCUT2D eigenvalue weighted by Crippen LogP contribution is 2.36. The van der Waals surface area contributed by atoms with Crippen molar-refractivity contribution in [2.45, 2.75) is 6.61 Å². The first kappa shape index (κ1) is 19.3. The molecule has 3 heteroatoms. The second kappa shape index (κ2) is 8.29. The molecule has 158 valence electrons. The van der Waals surface area contributed by atoms with Crippen LogP contribution in [-0.2, 0) is 6.61 Å². The summed E-state index contributed by atoms with van der Waals surface area (Å²) in [7, 11) is 0. The third kappa shape index (κ3) is 3.85. The van der Waals surface area contributed by atoms with Crippen LogP contribution in [0.1, 0.15) is 5.56 Å². The molecule has 33 heavy (non-hydrogen) atoms. The molecule has 0 saturated carbocycles. The number of rotatable bonds is 5. The molecule has 3 nitrogen and oxygen atoms in total. The summed E-state index contributed by atoms with van der Waals surface area (Å²) in [4.78, 5) is 4.84. The average Bonchev–Trinajstić information content (AvgIpc) is 3.31. The van der Waals surface area contributed by atoms with Crippen LogP contribution in [0.5, 0.6) is 5.75 Å². The van der Waals surface area contributed by atoms with Crippen molar-refractivity contribution in [3.05, 3.63) is 121 Å². The van der Waals surface area contributed by atoms with E-state index in [4.69, 9.17) is 14.1 Å². The second-order valence-electron chi connectivity index (χ2n) is 8.04. The summed E-state index contributed by atoms with van der Waals surface area (Å²) in [6, 6.07) is 39.0. The van der Waals surface area contributed by atoms with Gasteiger partial charge in [0, 0.05) is 0 Å². The van der Waals surface area contributed by atoms with Crippen LogP contribution in [0, 0.1) is 0 Å². The lowest BCUT2D eigenvalue weighted by Crippen LogP contribution is -1.97. The molecule has 0 fully saturated rings. The predicted octanol–water partition coefficient (Wildman–Crippen LogP) is 7.89. The van der Waals surface area contributed by atoms with Gasteiger partial charge in [-0.15, -0.1) is 0 Å². The zero-order chi connectivity index (χ0) is 22.0. The summed E-state index contributed by atoms with van der Waals surface area (Å²) in [5.41, 5.74) is 5.81. The third-order valence-electron chi connectivity index (χ3n) is 5.81. The van der Waals surface area contributed by atoms with Crippen LogP contribution in [-0.4, -0.2) is 4.98 Å². The average molecular weight is 428 g/mol. The molecule has 6 aromatic rings. The number of ether oxygens (including phenoxy) is 1. The Morgan fingerprint density at radius 2 is 1.33 bits per heavy atom. The summed E-state index contributed by atoms with van der Waals surface area (Å²) in [6.07, 6.45) is 0. The van der Waals surface area contributed by atoms with Gasteiger partial charge in [0.05, 0.1) is 5.56 Å². The Balaban J connectivity index is 1.43. The van der Waals surface area contributed by atoms with E-state index in [1.54, 1.807) is 0 Å². The van der Waals surface area contributed by atoms with Crippen molar-refractivity contribution < 1.29 is 9.15 Å². The van der Waals surface area contributed by atoms with Crippen molar-refractivity contribution >= 4 is 21.9 Å². The van der Waals surface area contributed by atoms with E-state index in [2.05, 4.69) is 60.7 Å². The van der Waals surface area contributed by atoms with Crippen LogP contribution in [0.2, 0.25) is 0 Å². The molecule has 1 heterocycles. The van der Waals surface area contributed by atoms with E-state index in [0.29, 0.717) is 12.5 Å². The fourth-order valence-corrected chi connectivity index (χ4v) is 4.09. The molecule has 0 aliphatic carbocycles. The Kier molecular flexibility index (Phi) is 4.85. The Morgan fingerprint density at radius 3 is 2.12 bits per heavy atom. The normalized spacial score (nSPS) is 11.2. The summed E-state index contributed by atoms with van der Waals surface area (Å²) in [5.74, 6) is 1.32. The van der Waals surface area contributed by atoms with E-state index >= 15 is 0 Å². The maximum Gasteiger partial charge on any atom is 0.231 e. The minimum Gasteiger partial charge on any atom is -0.488 e. The van der Waals surface area contributed by atoms with Gasteiger partial charge in [0.1, 0.15) is 17.9 Å². The van der Waals surface area contributed by atoms with Gasteiger partial charge >= 0.3 is 0 Å². The molecule has 5 aromatic carbocycles. The maximum absolute atomic E-state index is 6.27. The molecule has 0 bridgehead atoms. The van der Waals surface area contributed by atoms with Crippen LogP contribution in [0.15, 0.2) is 120 Å². The van der Waals surface area contributed by atoms with Gasteiger partial charge < -0.3 is 9.15 Å². The van der Waals surface area contributed by atoms with Gasteiger partial charge in [-0.2, -0.15) is 0 Å². The summed E-state index contributed by atoms with van der Waals surface area (Å²) < 4.78 is 12.5. The number of aromatic nitrogens is 1. The van der Waals surface area contributed by atoms with E-state index in [0.717, 1.165) is 49.9 Å². The van der Waals surface area contributed by atoms with Crippen LogP contribution < -0.4 is 4.74 Å². The first-order valence-corrected chi connectivity index (χ1v) is 11.0. The minimum atomic E-state index is 0.477. The van der Waals surface area contributed by atoms with Gasteiger partial charge in [-0.1, -0.05) is 91.0 Å². The molecular formula is C30H21NO2. The molecular weight excluding hydrogens is 406 g/mol. The number of nitrogens with zero attached hydrogens (tertiary/aromatic N) is 1. The monoisotopic (exact) mass is 427 g/mol. The lowest BCUT2D eigenvalue weighted by molar-refractivity contribution is 0.307. The van der Waals surface area contributed by atoms with Crippen molar-refractivity contribution in [1.29, 1.82) is 0 Å². The standard InChI is InChI=1S/C30H21NO2/c1-3-9-21(10-4-1)20-32-29-19-24-14-8-7-13-23(24)17-26(29)30-31-27-18-25(15-16-28(27)33-30)22-11-5-2-6-12-22/h1-19H,20H2. The zero-order valence-corrected chi connectivity index (χ0v) is 17.9. The minimum absolute atomic E-state index is 0.477. The smallest absolute Gasteiger partial charge is 0.231 e. The molecule has 0 radical (unpaired) electrons. The van der Waals surface area contributed by atoms with Crippen LogP contribution in [0.3, 0.4) is 0 Å². The third-order valence-corrected chi connectivity index (χ3v) is 5.81. The topological polar surface area (TPSA) is 35.3 Å². The molecule has 6 rings (SSSR count). The van der Waals surface area contributed by atoms with E-state index in [9.17, 15) is 0 Å². The SMILES string of the molecule is c1ccc(COc2cc3ccccc3cc2-c2nc3cc(-c4ccccc4)ccc3o2)cc1. The van der Waals surface area contributed by atoms with E-state index in [1.807, 2.05) is 54.6 Å². The van der Waals surface area contributed by atoms with E-state index < -0.39 is 0 Å². The van der Waals surface area contributed by atoms with Crippen molar-refractivity contribution in [2.24, 2.45) is 0 Å². The van der Waals surface area contributed by atoms with Crippen molar-refractivity contribution in [3.63, 3.8) is 0 Å². The summed E-state index contributed by atoms with van der Waals surface area (Å²) in [5, 5.41) is 2.23. The lowest BCUT2D eigenvalue weighted by Gasteiger charge is -2.11. The Bertz CT molecular complexity index is 1550. The van der Waals surface area contributed by atoms with Crippen LogP contribution in [0.4, 0.5) is 0 Å². The zero-order valence-electron chi connectivity index (χ0n) is 17.9. The summed E-state index contributed by atoms with van der Waals surface area (Å²) in [6.45, 7) is 0.477. The summed E-state index contributed by atoms with van der Waals surface area (Å²) >= 11 is 0. The van der Waals surface area contributed by atoms with E-state index in [1.165, 1.54) is 0 Å². The molecule has 0 amide bonds. The van der Waals surface area contributed by atoms with Crippen LogP contribution >= 0.6 is 0 Å². The molecule has 0 unspecified atom stereocenters. The maximum atomic E-state index is 6.27. The Labute approximate surface area is 191 Å². The molecule has 1 aromatic heterocycles. The lowest BCUT2D eigenvalue weighted by atomic mass is 10.1. The quantitative estimate of drug-likeness (QED) is 0.280. The van der Waals surface area contributed by atoms with Crippen LogP contribution in [0.25, 0.3) is 44.5 Å². The largest absolute Gasteiger partial charge is 0.488 e. The fraction of sp³-hybridized carbons (Fsp3) is 0.0333. The second-order valence-corrected chi connectivity index (χ2v) is 8.04. The highest BCUT2D eigenvalue weighted by molar-refractivity contribution is 5.90. The molecule has 0 N–H and O–H groups in total. The fourth-order valence-electron chi connectivity index (χ4n) is 4.09. The van der Waals surface area contributed by atoms with E-state index in [-0.39, 0.29) is 0 Å². The van der Waals surface area contributed by atoms with Crippen molar-refractivity contribution in [2.75, 3.05) is 0 Å². The molecule has 0 atom stereocenters. The number of oxazole rings is 1. The molecule has 0 aliphatic rings. The highest BCUT2D eigenvalue weighted by Gasteiger charge is 2.16. The molecule has 0 saturated heterocycles. The highest BCUT2D eigenvalue weighted by atomic mass is 16.5. The van der Waals surface area contributed by atoms with Gasteiger partial charge in [0.2, 0.25) is 5.89 Å². The Hall–Kier alpha value is -4.37. The van der Waals surface area contributed by atoms with Gasteiger partial charge in [0.25, 0.3) is 0 Å². The van der Waals surface area contributed by atoms with Crippen molar-refractivity contribution in [3.8, 4) is 28.3 Å². The Morgan fingerprint density at radius 1 is 0.636 bits per heavy atom. The predicted molar refractivity (Wildman–Crippen MR) is 133 cm³/mol. The van der Waals surface area contributed by atoms with Gasteiger partial charge in [-0.05, 0) is 51.7 Å².